The third-order valence-electron chi connectivity index (χ3n) is 4.49. The van der Waals surface area contributed by atoms with Gasteiger partial charge in [-0.05, 0) is 37.3 Å². The van der Waals surface area contributed by atoms with E-state index < -0.39 is 5.97 Å². The molecule has 1 amide bonds. The lowest BCUT2D eigenvalue weighted by atomic mass is 9.93. The number of aliphatic carboxylic acids is 1. The molecule has 1 aromatic carbocycles. The van der Waals surface area contributed by atoms with Crippen LogP contribution in [0.5, 0.6) is 5.75 Å². The number of para-hydroxylation sites is 1. The van der Waals surface area contributed by atoms with E-state index in [1.807, 2.05) is 30.3 Å². The Morgan fingerprint density at radius 3 is 2.72 bits per heavy atom. The van der Waals surface area contributed by atoms with Gasteiger partial charge in [0.05, 0.1) is 11.9 Å². The van der Waals surface area contributed by atoms with Crippen molar-refractivity contribution in [3.05, 3.63) is 42.2 Å². The Balaban J connectivity index is 1.72. The number of carbonyl (C=O) groups excluding carboxylic acids is 1. The number of amides is 1. The minimum Gasteiger partial charge on any atom is -0.504 e. The standard InChI is InChI=1S/C18H21N3O4/c22-15-12-21(14-6-2-1-3-7-14)19-17(15)18(25)20-10-4-5-13(11-20)8-9-16(23)24/h1-3,6-7,12-13,22H,4-5,8-11H2,(H,23,24). The highest BCUT2D eigenvalue weighted by atomic mass is 16.4. The molecule has 1 aromatic heterocycles. The van der Waals surface area contributed by atoms with Crippen molar-refractivity contribution in [2.45, 2.75) is 25.7 Å². The second-order valence-electron chi connectivity index (χ2n) is 6.33. The molecule has 7 heteroatoms. The van der Waals surface area contributed by atoms with Crippen LogP contribution in [0.25, 0.3) is 5.69 Å². The zero-order valence-electron chi connectivity index (χ0n) is 13.8. The number of aromatic hydroxyl groups is 1. The number of nitrogens with zero attached hydrogens (tertiary/aromatic N) is 3. The molecule has 132 valence electrons. The van der Waals surface area contributed by atoms with E-state index in [4.69, 9.17) is 5.11 Å². The van der Waals surface area contributed by atoms with Gasteiger partial charge in [-0.1, -0.05) is 18.2 Å². The summed E-state index contributed by atoms with van der Waals surface area (Å²) >= 11 is 0. The maximum atomic E-state index is 12.7. The van der Waals surface area contributed by atoms with Crippen molar-refractivity contribution in [1.29, 1.82) is 0 Å². The number of benzene rings is 1. The summed E-state index contributed by atoms with van der Waals surface area (Å²) in [6, 6.07) is 9.26. The molecule has 1 fully saturated rings. The van der Waals surface area contributed by atoms with Crippen LogP contribution < -0.4 is 0 Å². The number of carboxylic acids is 1. The monoisotopic (exact) mass is 343 g/mol. The van der Waals surface area contributed by atoms with Crippen LogP contribution in [-0.2, 0) is 4.79 Å². The fraction of sp³-hybridized carbons (Fsp3) is 0.389. The molecular weight excluding hydrogens is 322 g/mol. The van der Waals surface area contributed by atoms with Crippen LogP contribution in [0.2, 0.25) is 0 Å². The Hall–Kier alpha value is -2.83. The number of rotatable bonds is 5. The predicted molar refractivity (Wildman–Crippen MR) is 90.7 cm³/mol. The summed E-state index contributed by atoms with van der Waals surface area (Å²) in [5.41, 5.74) is 0.789. The van der Waals surface area contributed by atoms with Gasteiger partial charge < -0.3 is 15.1 Å². The average Bonchev–Trinajstić information content (AvgIpc) is 3.02. The van der Waals surface area contributed by atoms with E-state index in [1.54, 1.807) is 4.90 Å². The molecule has 2 N–H and O–H groups in total. The summed E-state index contributed by atoms with van der Waals surface area (Å²) in [6.45, 7) is 1.10. The normalized spacial score (nSPS) is 17.4. The fourth-order valence-electron chi connectivity index (χ4n) is 3.19. The molecular formula is C18H21N3O4. The summed E-state index contributed by atoms with van der Waals surface area (Å²) in [5, 5.41) is 23.2. The number of piperidine rings is 1. The second-order valence-corrected chi connectivity index (χ2v) is 6.33. The van der Waals surface area contributed by atoms with Crippen molar-refractivity contribution in [3.63, 3.8) is 0 Å². The van der Waals surface area contributed by atoms with Crippen molar-refractivity contribution < 1.29 is 19.8 Å². The molecule has 1 aliphatic heterocycles. The lowest BCUT2D eigenvalue weighted by molar-refractivity contribution is -0.137. The minimum absolute atomic E-state index is 0.0303. The number of likely N-dealkylation sites (tertiary alicyclic amines) is 1. The van der Waals surface area contributed by atoms with Gasteiger partial charge in [0, 0.05) is 19.5 Å². The Morgan fingerprint density at radius 2 is 2.00 bits per heavy atom. The second kappa shape index (κ2) is 7.38. The van der Waals surface area contributed by atoms with E-state index in [0.29, 0.717) is 19.5 Å². The van der Waals surface area contributed by atoms with Crippen LogP contribution in [0.15, 0.2) is 36.5 Å². The molecule has 0 aliphatic carbocycles. The molecule has 0 bridgehead atoms. The molecule has 1 aliphatic rings. The van der Waals surface area contributed by atoms with Crippen molar-refractivity contribution in [3.8, 4) is 11.4 Å². The Morgan fingerprint density at radius 1 is 1.24 bits per heavy atom. The Bertz CT molecular complexity index is 757. The molecule has 0 radical (unpaired) electrons. The van der Waals surface area contributed by atoms with Crippen molar-refractivity contribution in [1.82, 2.24) is 14.7 Å². The molecule has 2 aromatic rings. The summed E-state index contributed by atoms with van der Waals surface area (Å²) < 4.78 is 1.48. The van der Waals surface area contributed by atoms with Gasteiger partial charge in [-0.25, -0.2) is 4.68 Å². The third kappa shape index (κ3) is 3.99. The van der Waals surface area contributed by atoms with E-state index in [0.717, 1.165) is 18.5 Å². The molecule has 0 spiro atoms. The molecule has 0 saturated carbocycles. The van der Waals surface area contributed by atoms with Crippen LogP contribution >= 0.6 is 0 Å². The maximum absolute atomic E-state index is 12.7. The molecule has 2 heterocycles. The van der Waals surface area contributed by atoms with Gasteiger partial charge in [0.15, 0.2) is 11.4 Å². The quantitative estimate of drug-likeness (QED) is 0.868. The first-order chi connectivity index (χ1) is 12.0. The molecule has 25 heavy (non-hydrogen) atoms. The van der Waals surface area contributed by atoms with Gasteiger partial charge in [0.1, 0.15) is 0 Å². The highest BCUT2D eigenvalue weighted by Crippen LogP contribution is 2.25. The summed E-state index contributed by atoms with van der Waals surface area (Å²) in [7, 11) is 0. The van der Waals surface area contributed by atoms with Crippen LogP contribution in [0.1, 0.15) is 36.2 Å². The highest BCUT2D eigenvalue weighted by molar-refractivity contribution is 5.94. The van der Waals surface area contributed by atoms with E-state index in [9.17, 15) is 14.7 Å². The average molecular weight is 343 g/mol. The van der Waals surface area contributed by atoms with E-state index in [-0.39, 0.29) is 29.7 Å². The summed E-state index contributed by atoms with van der Waals surface area (Å²) in [5.74, 6) is -1.11. The molecule has 1 saturated heterocycles. The van der Waals surface area contributed by atoms with E-state index in [1.165, 1.54) is 10.9 Å². The van der Waals surface area contributed by atoms with Gasteiger partial charge in [0.2, 0.25) is 0 Å². The zero-order chi connectivity index (χ0) is 17.8. The minimum atomic E-state index is -0.817. The molecule has 7 nitrogen and oxygen atoms in total. The zero-order valence-corrected chi connectivity index (χ0v) is 13.8. The predicted octanol–water partition coefficient (Wildman–Crippen LogP) is 2.29. The first kappa shape index (κ1) is 17.0. The van der Waals surface area contributed by atoms with Gasteiger partial charge in [-0.15, -0.1) is 0 Å². The number of carbonyl (C=O) groups is 2. The summed E-state index contributed by atoms with van der Waals surface area (Å²) in [4.78, 5) is 25.1. The van der Waals surface area contributed by atoms with Crippen molar-refractivity contribution in [2.75, 3.05) is 13.1 Å². The number of hydrogen-bond donors (Lipinski definition) is 2. The topological polar surface area (TPSA) is 95.7 Å². The van der Waals surface area contributed by atoms with Gasteiger partial charge in [-0.2, -0.15) is 5.10 Å². The third-order valence-corrected chi connectivity index (χ3v) is 4.49. The van der Waals surface area contributed by atoms with Crippen LogP contribution in [0, 0.1) is 5.92 Å². The number of aromatic nitrogens is 2. The van der Waals surface area contributed by atoms with Crippen LogP contribution in [0.4, 0.5) is 0 Å². The lowest BCUT2D eigenvalue weighted by Gasteiger charge is -2.32. The van der Waals surface area contributed by atoms with Gasteiger partial charge in [0.25, 0.3) is 5.91 Å². The molecule has 1 unspecified atom stereocenters. The lowest BCUT2D eigenvalue weighted by Crippen LogP contribution is -2.40. The Labute approximate surface area is 145 Å². The Kier molecular flexibility index (Phi) is 5.02. The first-order valence-electron chi connectivity index (χ1n) is 8.39. The number of carboxylic acid groups (broad SMARTS) is 1. The maximum Gasteiger partial charge on any atom is 0.303 e. The summed E-state index contributed by atoms with van der Waals surface area (Å²) in [6.07, 6.45) is 3.84. The SMILES string of the molecule is O=C(O)CCC1CCCN(C(=O)c2nn(-c3ccccc3)cc2O)C1. The van der Waals surface area contributed by atoms with E-state index in [2.05, 4.69) is 5.10 Å². The smallest absolute Gasteiger partial charge is 0.303 e. The van der Waals surface area contributed by atoms with Crippen LogP contribution in [0.3, 0.4) is 0 Å². The first-order valence-corrected chi connectivity index (χ1v) is 8.39. The van der Waals surface area contributed by atoms with Gasteiger partial charge >= 0.3 is 5.97 Å². The van der Waals surface area contributed by atoms with Gasteiger partial charge in [-0.3, -0.25) is 9.59 Å². The van der Waals surface area contributed by atoms with Crippen LogP contribution in [-0.4, -0.2) is 49.9 Å². The van der Waals surface area contributed by atoms with Crippen molar-refractivity contribution in [2.24, 2.45) is 5.92 Å². The fourth-order valence-corrected chi connectivity index (χ4v) is 3.19. The molecule has 3 rings (SSSR count). The molecule has 1 atom stereocenters. The van der Waals surface area contributed by atoms with Crippen molar-refractivity contribution >= 4 is 11.9 Å². The van der Waals surface area contributed by atoms with E-state index >= 15 is 0 Å². The number of hydrogen-bond acceptors (Lipinski definition) is 4. The largest absolute Gasteiger partial charge is 0.504 e. The highest BCUT2D eigenvalue weighted by Gasteiger charge is 2.28.